The molecule has 4 heterocycles. The average molecular weight is 402 g/mol. The SMILES string of the molecule is O=C(CCC(=O)Nc1ccnn1-c1ccccn1)Nc1ccnn1-c1ccccn1. The van der Waals surface area contributed by atoms with Crippen molar-refractivity contribution in [3.8, 4) is 11.6 Å². The standard InChI is InChI=1S/C20H18N8O2/c29-19(25-17-9-13-23-27(17)15-5-1-3-11-21-15)7-8-20(30)26-18-10-14-24-28(18)16-6-2-4-12-22-16/h1-6,9-14H,7-8H2,(H,25,29)(H,26,30). The lowest BCUT2D eigenvalue weighted by molar-refractivity contribution is -0.121. The lowest BCUT2D eigenvalue weighted by Gasteiger charge is -2.09. The summed E-state index contributed by atoms with van der Waals surface area (Å²) in [6, 6.07) is 14.1. The van der Waals surface area contributed by atoms with Crippen molar-refractivity contribution in [1.82, 2.24) is 29.5 Å². The predicted molar refractivity (Wildman–Crippen MR) is 109 cm³/mol. The first-order valence-corrected chi connectivity index (χ1v) is 9.21. The van der Waals surface area contributed by atoms with Gasteiger partial charge in [0.2, 0.25) is 11.8 Å². The van der Waals surface area contributed by atoms with E-state index in [-0.39, 0.29) is 24.7 Å². The molecule has 0 atom stereocenters. The second-order valence-corrected chi connectivity index (χ2v) is 6.23. The van der Waals surface area contributed by atoms with Gasteiger partial charge in [-0.15, -0.1) is 0 Å². The van der Waals surface area contributed by atoms with E-state index < -0.39 is 0 Å². The van der Waals surface area contributed by atoms with Gasteiger partial charge in [0.1, 0.15) is 11.6 Å². The van der Waals surface area contributed by atoms with Crippen molar-refractivity contribution in [3.05, 3.63) is 73.3 Å². The molecule has 0 saturated carbocycles. The summed E-state index contributed by atoms with van der Waals surface area (Å²) >= 11 is 0. The first kappa shape index (κ1) is 19.0. The van der Waals surface area contributed by atoms with Gasteiger partial charge >= 0.3 is 0 Å². The molecule has 0 spiro atoms. The number of carbonyl (C=O) groups is 2. The van der Waals surface area contributed by atoms with Gasteiger partial charge < -0.3 is 10.6 Å². The van der Waals surface area contributed by atoms with E-state index in [4.69, 9.17) is 0 Å². The van der Waals surface area contributed by atoms with E-state index in [2.05, 4.69) is 30.8 Å². The predicted octanol–water partition coefficient (Wildman–Crippen LogP) is 2.21. The molecule has 2 N–H and O–H groups in total. The van der Waals surface area contributed by atoms with Gasteiger partial charge in [0.05, 0.1) is 12.4 Å². The molecule has 4 aromatic heterocycles. The molecule has 0 aliphatic carbocycles. The zero-order valence-electron chi connectivity index (χ0n) is 15.8. The third kappa shape index (κ3) is 4.38. The lowest BCUT2D eigenvalue weighted by Crippen LogP contribution is -2.20. The number of anilines is 2. The summed E-state index contributed by atoms with van der Waals surface area (Å²) in [5.41, 5.74) is 0. The zero-order valence-corrected chi connectivity index (χ0v) is 15.8. The molecule has 0 radical (unpaired) electrons. The third-order valence-electron chi connectivity index (χ3n) is 4.13. The number of rotatable bonds is 7. The van der Waals surface area contributed by atoms with Crippen LogP contribution in [0.1, 0.15) is 12.8 Å². The van der Waals surface area contributed by atoms with Gasteiger partial charge in [-0.2, -0.15) is 19.6 Å². The fourth-order valence-corrected chi connectivity index (χ4v) is 2.76. The van der Waals surface area contributed by atoms with Gasteiger partial charge in [-0.1, -0.05) is 12.1 Å². The van der Waals surface area contributed by atoms with Crippen LogP contribution < -0.4 is 10.6 Å². The molecule has 2 amide bonds. The van der Waals surface area contributed by atoms with Crippen LogP contribution in [0.25, 0.3) is 11.6 Å². The van der Waals surface area contributed by atoms with Crippen LogP contribution >= 0.6 is 0 Å². The third-order valence-corrected chi connectivity index (χ3v) is 4.13. The molecule has 0 fully saturated rings. The van der Waals surface area contributed by atoms with E-state index in [0.29, 0.717) is 23.3 Å². The van der Waals surface area contributed by atoms with Crippen molar-refractivity contribution in [2.24, 2.45) is 0 Å². The molecule has 0 aliphatic rings. The second kappa shape index (κ2) is 8.78. The first-order valence-electron chi connectivity index (χ1n) is 9.21. The van der Waals surface area contributed by atoms with E-state index in [1.165, 1.54) is 9.36 Å². The van der Waals surface area contributed by atoms with Crippen LogP contribution in [0, 0.1) is 0 Å². The minimum absolute atomic E-state index is 0.0109. The Labute approximate surface area is 171 Å². The molecular weight excluding hydrogens is 384 g/mol. The minimum atomic E-state index is -0.305. The van der Waals surface area contributed by atoms with Crippen LogP contribution in [0.15, 0.2) is 73.3 Å². The zero-order chi connectivity index (χ0) is 20.8. The molecule has 4 rings (SSSR count). The van der Waals surface area contributed by atoms with Crippen molar-refractivity contribution in [2.45, 2.75) is 12.8 Å². The van der Waals surface area contributed by atoms with Gasteiger partial charge in [0.25, 0.3) is 0 Å². The van der Waals surface area contributed by atoms with Gasteiger partial charge in [-0.3, -0.25) is 9.59 Å². The van der Waals surface area contributed by atoms with Gasteiger partial charge in [-0.25, -0.2) is 9.97 Å². The summed E-state index contributed by atoms with van der Waals surface area (Å²) in [4.78, 5) is 33.0. The van der Waals surface area contributed by atoms with E-state index in [0.717, 1.165) is 0 Å². The highest BCUT2D eigenvalue weighted by molar-refractivity contribution is 5.96. The fourth-order valence-electron chi connectivity index (χ4n) is 2.76. The van der Waals surface area contributed by atoms with Crippen LogP contribution in [0.2, 0.25) is 0 Å². The van der Waals surface area contributed by atoms with Gasteiger partial charge in [0.15, 0.2) is 11.6 Å². The Morgan fingerprint density at radius 2 is 1.13 bits per heavy atom. The van der Waals surface area contributed by atoms with Crippen molar-refractivity contribution < 1.29 is 9.59 Å². The lowest BCUT2D eigenvalue weighted by atomic mass is 10.3. The number of aromatic nitrogens is 6. The number of nitrogens with one attached hydrogen (secondary N) is 2. The molecule has 30 heavy (non-hydrogen) atoms. The summed E-state index contributed by atoms with van der Waals surface area (Å²) in [5.74, 6) is 1.51. The van der Waals surface area contributed by atoms with Crippen LogP contribution in [0.3, 0.4) is 0 Å². The van der Waals surface area contributed by atoms with Crippen molar-refractivity contribution >= 4 is 23.5 Å². The van der Waals surface area contributed by atoms with Crippen LogP contribution in [0.5, 0.6) is 0 Å². The molecule has 0 saturated heterocycles. The fraction of sp³-hybridized carbons (Fsp3) is 0.100. The smallest absolute Gasteiger partial charge is 0.226 e. The Morgan fingerprint density at radius 3 is 1.53 bits per heavy atom. The van der Waals surface area contributed by atoms with Crippen LogP contribution in [-0.2, 0) is 9.59 Å². The molecule has 0 aliphatic heterocycles. The maximum absolute atomic E-state index is 12.3. The molecule has 10 nitrogen and oxygen atoms in total. The number of hydrogen-bond acceptors (Lipinski definition) is 6. The second-order valence-electron chi connectivity index (χ2n) is 6.23. The highest BCUT2D eigenvalue weighted by Crippen LogP contribution is 2.14. The molecular formula is C20H18N8O2. The van der Waals surface area contributed by atoms with Crippen molar-refractivity contribution in [2.75, 3.05) is 10.6 Å². The quantitative estimate of drug-likeness (QED) is 0.489. The summed E-state index contributed by atoms with van der Waals surface area (Å²) in [7, 11) is 0. The summed E-state index contributed by atoms with van der Waals surface area (Å²) in [6.07, 6.45) is 6.44. The van der Waals surface area contributed by atoms with E-state index in [1.54, 1.807) is 61.2 Å². The molecule has 4 aromatic rings. The summed E-state index contributed by atoms with van der Waals surface area (Å²) in [5, 5.41) is 13.8. The van der Waals surface area contributed by atoms with E-state index in [9.17, 15) is 9.59 Å². The molecule has 0 aromatic carbocycles. The number of hydrogen-bond donors (Lipinski definition) is 2. The van der Waals surface area contributed by atoms with Crippen molar-refractivity contribution in [1.29, 1.82) is 0 Å². The Balaban J connectivity index is 1.33. The minimum Gasteiger partial charge on any atom is -0.311 e. The number of amides is 2. The maximum atomic E-state index is 12.3. The Morgan fingerprint density at radius 1 is 0.667 bits per heavy atom. The van der Waals surface area contributed by atoms with Gasteiger partial charge in [0, 0.05) is 37.4 Å². The molecule has 0 bridgehead atoms. The molecule has 10 heteroatoms. The molecule has 150 valence electrons. The van der Waals surface area contributed by atoms with Gasteiger partial charge in [-0.05, 0) is 24.3 Å². The van der Waals surface area contributed by atoms with Crippen LogP contribution in [0.4, 0.5) is 11.6 Å². The highest BCUT2D eigenvalue weighted by atomic mass is 16.2. The van der Waals surface area contributed by atoms with E-state index >= 15 is 0 Å². The summed E-state index contributed by atoms with van der Waals surface area (Å²) in [6.45, 7) is 0. The highest BCUT2D eigenvalue weighted by Gasteiger charge is 2.13. The Kier molecular flexibility index (Phi) is 5.56. The van der Waals surface area contributed by atoms with Crippen LogP contribution in [-0.4, -0.2) is 41.3 Å². The monoisotopic (exact) mass is 402 g/mol. The number of carbonyl (C=O) groups excluding carboxylic acids is 2. The average Bonchev–Trinajstić information content (AvgIpc) is 3.43. The largest absolute Gasteiger partial charge is 0.311 e. The molecule has 0 unspecified atom stereocenters. The number of nitrogens with zero attached hydrogens (tertiary/aromatic N) is 6. The normalized spacial score (nSPS) is 10.5. The van der Waals surface area contributed by atoms with Crippen molar-refractivity contribution in [3.63, 3.8) is 0 Å². The topological polar surface area (TPSA) is 120 Å². The first-order chi connectivity index (χ1) is 14.7. The Bertz CT molecular complexity index is 1050. The maximum Gasteiger partial charge on any atom is 0.226 e. The summed E-state index contributed by atoms with van der Waals surface area (Å²) < 4.78 is 3.03. The Hall–Kier alpha value is -4.34. The van der Waals surface area contributed by atoms with E-state index in [1.807, 2.05) is 12.1 Å². The number of pyridine rings is 2.